The number of fused-ring (bicyclic) bond motifs is 6. The minimum atomic E-state index is 0.803. The van der Waals surface area contributed by atoms with Gasteiger partial charge in [-0.05, 0) is 84.9 Å². The van der Waals surface area contributed by atoms with Crippen LogP contribution in [-0.4, -0.2) is 19.5 Å². The first kappa shape index (κ1) is 31.1. The number of nitrogens with zero attached hydrogens (tertiary/aromatic N) is 4. The van der Waals surface area contributed by atoms with E-state index in [1.165, 1.54) is 49.0 Å². The summed E-state index contributed by atoms with van der Waals surface area (Å²) in [7, 11) is 0. The Hall–Kier alpha value is -7.43. The lowest BCUT2D eigenvalue weighted by Crippen LogP contribution is -2.00. The number of aromatic nitrogens is 4. The van der Waals surface area contributed by atoms with Gasteiger partial charge in [0.1, 0.15) is 22.6 Å². The maximum atomic E-state index is 5.44. The van der Waals surface area contributed by atoms with Gasteiger partial charge in [0.2, 0.25) is 0 Å². The zero-order valence-corrected chi connectivity index (χ0v) is 29.8. The molecule has 11 aromatic rings. The van der Waals surface area contributed by atoms with E-state index in [2.05, 4.69) is 162 Å². The van der Waals surface area contributed by atoms with Gasteiger partial charge in [-0.15, -0.1) is 0 Å². The van der Waals surface area contributed by atoms with E-state index in [9.17, 15) is 0 Å². The van der Waals surface area contributed by atoms with E-state index in [1.54, 1.807) is 0 Å². The molecule has 4 heteroatoms. The molecule has 3 heterocycles. The molecule has 0 saturated heterocycles. The molecule has 0 amide bonds. The third-order valence-electron chi connectivity index (χ3n) is 10.8. The van der Waals surface area contributed by atoms with Crippen molar-refractivity contribution in [3.8, 4) is 50.7 Å². The first-order chi connectivity index (χ1) is 27.3. The number of benzene rings is 8. The van der Waals surface area contributed by atoms with Crippen LogP contribution in [0, 0.1) is 0 Å². The number of para-hydroxylation sites is 2. The molecule has 0 aliphatic carbocycles. The van der Waals surface area contributed by atoms with Crippen molar-refractivity contribution in [3.63, 3.8) is 0 Å². The van der Waals surface area contributed by atoms with Gasteiger partial charge in [-0.1, -0.05) is 158 Å². The molecule has 8 aromatic carbocycles. The highest BCUT2D eigenvalue weighted by Gasteiger charge is 2.23. The number of rotatable bonds is 5. The lowest BCUT2D eigenvalue weighted by molar-refractivity contribution is 1.10. The van der Waals surface area contributed by atoms with E-state index in [4.69, 9.17) is 15.0 Å². The Morgan fingerprint density at radius 1 is 0.400 bits per heavy atom. The minimum Gasteiger partial charge on any atom is -0.290 e. The molecule has 0 spiro atoms. The number of hydrogen-bond donors (Lipinski definition) is 0. The summed E-state index contributed by atoms with van der Waals surface area (Å²) in [5.41, 5.74) is 11.3. The summed E-state index contributed by atoms with van der Waals surface area (Å²) in [5.74, 6) is 0.851. The third-order valence-corrected chi connectivity index (χ3v) is 10.8. The Bertz CT molecular complexity index is 3180. The first-order valence-electron chi connectivity index (χ1n) is 18.6. The molecule has 3 aromatic heterocycles. The molecule has 11 rings (SSSR count). The second-order valence-corrected chi connectivity index (χ2v) is 13.9. The molecule has 0 atom stereocenters. The summed E-state index contributed by atoms with van der Waals surface area (Å²) in [6, 6.07) is 66.6. The van der Waals surface area contributed by atoms with Gasteiger partial charge in [-0.25, -0.2) is 9.97 Å². The largest absolute Gasteiger partial charge is 0.290 e. The normalized spacial score (nSPS) is 11.6. The smallest absolute Gasteiger partial charge is 0.145 e. The van der Waals surface area contributed by atoms with Crippen molar-refractivity contribution in [1.29, 1.82) is 0 Å². The maximum Gasteiger partial charge on any atom is 0.145 e. The van der Waals surface area contributed by atoms with Crippen molar-refractivity contribution in [3.05, 3.63) is 194 Å². The van der Waals surface area contributed by atoms with E-state index in [0.29, 0.717) is 0 Å². The molecule has 4 nitrogen and oxygen atoms in total. The number of hydrogen-bond acceptors (Lipinski definition) is 3. The van der Waals surface area contributed by atoms with Crippen molar-refractivity contribution in [2.24, 2.45) is 0 Å². The molecule has 256 valence electrons. The lowest BCUT2D eigenvalue weighted by atomic mass is 9.84. The van der Waals surface area contributed by atoms with Crippen LogP contribution in [-0.2, 0) is 0 Å². The molecule has 0 unspecified atom stereocenters. The molecule has 0 bridgehead atoms. The molecule has 0 radical (unpaired) electrons. The Morgan fingerprint density at radius 2 is 0.982 bits per heavy atom. The predicted octanol–water partition coefficient (Wildman–Crippen LogP) is 13.1. The fourth-order valence-corrected chi connectivity index (χ4v) is 8.43. The van der Waals surface area contributed by atoms with Crippen LogP contribution in [0.2, 0.25) is 0 Å². The van der Waals surface area contributed by atoms with E-state index < -0.39 is 0 Å². The van der Waals surface area contributed by atoms with E-state index in [0.717, 1.165) is 56.0 Å². The molecular weight excluding hydrogens is 669 g/mol. The van der Waals surface area contributed by atoms with Gasteiger partial charge >= 0.3 is 0 Å². The molecule has 0 saturated carbocycles. The summed E-state index contributed by atoms with van der Waals surface area (Å²) in [4.78, 5) is 15.4. The quantitative estimate of drug-likeness (QED) is 0.168. The summed E-state index contributed by atoms with van der Waals surface area (Å²) in [6.45, 7) is 0. The average molecular weight is 701 g/mol. The van der Waals surface area contributed by atoms with E-state index in [1.807, 2.05) is 36.5 Å². The van der Waals surface area contributed by atoms with Crippen molar-refractivity contribution < 1.29 is 0 Å². The average Bonchev–Trinajstić information content (AvgIpc) is 3.67. The monoisotopic (exact) mass is 700 g/mol. The summed E-state index contributed by atoms with van der Waals surface area (Å²) >= 11 is 0. The van der Waals surface area contributed by atoms with Crippen molar-refractivity contribution in [2.75, 3.05) is 0 Å². The molecular formula is C51H32N4. The highest BCUT2D eigenvalue weighted by molar-refractivity contribution is 6.23. The fraction of sp³-hybridized carbons (Fsp3) is 0. The van der Waals surface area contributed by atoms with Gasteiger partial charge in [-0.3, -0.25) is 9.55 Å². The van der Waals surface area contributed by atoms with Crippen molar-refractivity contribution >= 4 is 54.3 Å². The Morgan fingerprint density at radius 3 is 1.69 bits per heavy atom. The van der Waals surface area contributed by atoms with Gasteiger partial charge in [0.15, 0.2) is 0 Å². The van der Waals surface area contributed by atoms with Crippen LogP contribution >= 0.6 is 0 Å². The van der Waals surface area contributed by atoms with Crippen molar-refractivity contribution in [2.45, 2.75) is 0 Å². The zero-order chi connectivity index (χ0) is 36.3. The summed E-state index contributed by atoms with van der Waals surface area (Å²) < 4.78 is 2.25. The fourth-order valence-electron chi connectivity index (χ4n) is 8.43. The Labute approximate surface area is 317 Å². The maximum absolute atomic E-state index is 5.44. The van der Waals surface area contributed by atoms with Gasteiger partial charge in [-0.2, -0.15) is 0 Å². The van der Waals surface area contributed by atoms with Crippen LogP contribution < -0.4 is 0 Å². The molecule has 0 aliphatic rings. The van der Waals surface area contributed by atoms with Crippen LogP contribution in [0.4, 0.5) is 0 Å². The molecule has 0 N–H and O–H groups in total. The van der Waals surface area contributed by atoms with E-state index in [-0.39, 0.29) is 0 Å². The second-order valence-electron chi connectivity index (χ2n) is 13.9. The molecule has 0 fully saturated rings. The third kappa shape index (κ3) is 4.96. The molecule has 55 heavy (non-hydrogen) atoms. The van der Waals surface area contributed by atoms with Crippen LogP contribution in [0.5, 0.6) is 0 Å². The lowest BCUT2D eigenvalue weighted by Gasteiger charge is -2.19. The van der Waals surface area contributed by atoms with Crippen molar-refractivity contribution in [1.82, 2.24) is 19.5 Å². The number of imidazole rings is 1. The summed E-state index contributed by atoms with van der Waals surface area (Å²) in [6.07, 6.45) is 1.82. The molecule has 0 aliphatic heterocycles. The topological polar surface area (TPSA) is 43.6 Å². The van der Waals surface area contributed by atoms with Gasteiger partial charge in [0.05, 0.1) is 11.2 Å². The number of pyridine rings is 2. The highest BCUT2D eigenvalue weighted by Crippen LogP contribution is 2.46. The van der Waals surface area contributed by atoms with Crippen LogP contribution in [0.1, 0.15) is 0 Å². The Balaban J connectivity index is 1.15. The van der Waals surface area contributed by atoms with E-state index >= 15 is 0 Å². The van der Waals surface area contributed by atoms with Crippen LogP contribution in [0.15, 0.2) is 194 Å². The van der Waals surface area contributed by atoms with Gasteiger partial charge in [0, 0.05) is 22.8 Å². The SMILES string of the molecule is c1ccc(-n2c(-c3ccc(-c4c5ccccc5c(-c5cccc6ccccc56)c5ccccc45)cc3)nc3c4ccccc4nc(-c4ccccn4)c32)cc1. The first-order valence-corrected chi connectivity index (χ1v) is 18.6. The van der Waals surface area contributed by atoms with Crippen LogP contribution in [0.25, 0.3) is 105 Å². The second kappa shape index (κ2) is 12.6. The Kier molecular flexibility index (Phi) is 7.14. The zero-order valence-electron chi connectivity index (χ0n) is 29.8. The summed E-state index contributed by atoms with van der Waals surface area (Å²) in [5, 5.41) is 8.44. The minimum absolute atomic E-state index is 0.803. The van der Waals surface area contributed by atoms with Crippen LogP contribution in [0.3, 0.4) is 0 Å². The predicted molar refractivity (Wildman–Crippen MR) is 228 cm³/mol. The highest BCUT2D eigenvalue weighted by atomic mass is 15.1. The van der Waals surface area contributed by atoms with Gasteiger partial charge in [0.25, 0.3) is 0 Å². The van der Waals surface area contributed by atoms with Gasteiger partial charge < -0.3 is 0 Å². The standard InChI is InChI=1S/C51H32N4/c1-2-17-36(18-3-1)55-50-48(43-24-10-11-26-44(43)53-49(50)45-27-12-13-32-52-45)54-51(55)35-30-28-34(29-31-35)46-39-20-6-8-22-41(39)47(42-23-9-7-21-40(42)46)38-25-14-16-33-15-4-5-19-37(33)38/h1-32H.